The van der Waals surface area contributed by atoms with Gasteiger partial charge in [-0.15, -0.1) is 0 Å². The summed E-state index contributed by atoms with van der Waals surface area (Å²) >= 11 is 0. The average molecular weight is 365 g/mol. The molecular formula is C22H27N3O2. The predicted molar refractivity (Wildman–Crippen MR) is 109 cm³/mol. The molecule has 2 amide bonds. The van der Waals surface area contributed by atoms with Crippen molar-refractivity contribution in [2.24, 2.45) is 0 Å². The smallest absolute Gasteiger partial charge is 0.258 e. The molecule has 0 spiro atoms. The highest BCUT2D eigenvalue weighted by molar-refractivity contribution is 6.06. The van der Waals surface area contributed by atoms with Gasteiger partial charge < -0.3 is 15.5 Å². The predicted octanol–water partition coefficient (Wildman–Crippen LogP) is 3.82. The lowest BCUT2D eigenvalue weighted by atomic mass is 9.95. The maximum atomic E-state index is 12.7. The Morgan fingerprint density at radius 2 is 1.74 bits per heavy atom. The summed E-state index contributed by atoms with van der Waals surface area (Å²) in [4.78, 5) is 26.5. The number of hydrogen-bond acceptors (Lipinski definition) is 3. The zero-order valence-electron chi connectivity index (χ0n) is 15.8. The second-order valence-corrected chi connectivity index (χ2v) is 7.04. The highest BCUT2D eigenvalue weighted by Crippen LogP contribution is 2.18. The lowest BCUT2D eigenvalue weighted by Crippen LogP contribution is -2.39. The molecule has 1 saturated carbocycles. The third-order valence-electron chi connectivity index (χ3n) is 4.98. The summed E-state index contributed by atoms with van der Waals surface area (Å²) in [6, 6.07) is 17.1. The molecule has 27 heavy (non-hydrogen) atoms. The van der Waals surface area contributed by atoms with Gasteiger partial charge in [0.1, 0.15) is 0 Å². The summed E-state index contributed by atoms with van der Waals surface area (Å²) in [5, 5.41) is 6.21. The fraction of sp³-hybridized carbons (Fsp3) is 0.364. The largest absolute Gasteiger partial charge is 0.376 e. The fourth-order valence-electron chi connectivity index (χ4n) is 3.43. The molecule has 0 aromatic heterocycles. The lowest BCUT2D eigenvalue weighted by Gasteiger charge is -2.23. The van der Waals surface area contributed by atoms with Crippen LogP contribution in [-0.2, 0) is 4.79 Å². The summed E-state index contributed by atoms with van der Waals surface area (Å²) in [6.45, 7) is 0.211. The first-order valence-corrected chi connectivity index (χ1v) is 9.60. The number of amides is 2. The molecule has 0 unspecified atom stereocenters. The van der Waals surface area contributed by atoms with Gasteiger partial charge >= 0.3 is 0 Å². The first-order valence-electron chi connectivity index (χ1n) is 9.60. The van der Waals surface area contributed by atoms with E-state index in [0.29, 0.717) is 11.6 Å². The number of para-hydroxylation sites is 1. The Hall–Kier alpha value is -2.82. The molecule has 3 rings (SSSR count). The quantitative estimate of drug-likeness (QED) is 0.818. The second kappa shape index (κ2) is 9.21. The van der Waals surface area contributed by atoms with Crippen molar-refractivity contribution in [1.82, 2.24) is 5.32 Å². The zero-order valence-corrected chi connectivity index (χ0v) is 15.8. The van der Waals surface area contributed by atoms with Gasteiger partial charge in [0.25, 0.3) is 5.91 Å². The molecule has 5 nitrogen and oxygen atoms in total. The van der Waals surface area contributed by atoms with Crippen molar-refractivity contribution in [3.63, 3.8) is 0 Å². The Bertz CT molecular complexity index is 770. The Balaban J connectivity index is 1.56. The molecule has 5 heteroatoms. The minimum atomic E-state index is -0.0866. The van der Waals surface area contributed by atoms with Crippen molar-refractivity contribution in [2.45, 2.75) is 38.1 Å². The van der Waals surface area contributed by atoms with Crippen molar-refractivity contribution < 1.29 is 9.59 Å². The van der Waals surface area contributed by atoms with E-state index in [2.05, 4.69) is 10.6 Å². The van der Waals surface area contributed by atoms with E-state index in [-0.39, 0.29) is 18.4 Å². The van der Waals surface area contributed by atoms with E-state index in [1.807, 2.05) is 42.5 Å². The second-order valence-electron chi connectivity index (χ2n) is 7.04. The minimum absolute atomic E-state index is 0.0000307. The van der Waals surface area contributed by atoms with Gasteiger partial charge in [-0.1, -0.05) is 43.5 Å². The first-order chi connectivity index (χ1) is 13.1. The molecule has 0 aliphatic heterocycles. The highest BCUT2D eigenvalue weighted by atomic mass is 16.2. The van der Waals surface area contributed by atoms with E-state index in [4.69, 9.17) is 0 Å². The molecule has 1 aliphatic rings. The van der Waals surface area contributed by atoms with Crippen LogP contribution in [-0.4, -0.2) is 31.4 Å². The number of benzene rings is 2. The van der Waals surface area contributed by atoms with Crippen LogP contribution < -0.4 is 15.5 Å². The van der Waals surface area contributed by atoms with Gasteiger partial charge in [-0.3, -0.25) is 9.59 Å². The number of nitrogens with one attached hydrogen (secondary N) is 2. The summed E-state index contributed by atoms with van der Waals surface area (Å²) in [5.74, 6) is -0.0865. The molecule has 1 aliphatic carbocycles. The van der Waals surface area contributed by atoms with Crippen molar-refractivity contribution in [1.29, 1.82) is 0 Å². The third-order valence-corrected chi connectivity index (χ3v) is 4.98. The Kier molecular flexibility index (Phi) is 6.47. The number of anilines is 2. The summed E-state index contributed by atoms with van der Waals surface area (Å²) in [6.07, 6.45) is 5.79. The van der Waals surface area contributed by atoms with Crippen LogP contribution in [0.4, 0.5) is 11.4 Å². The Labute approximate surface area is 160 Å². The van der Waals surface area contributed by atoms with E-state index >= 15 is 0 Å². The molecule has 2 aromatic rings. The van der Waals surface area contributed by atoms with Gasteiger partial charge in [0.05, 0.1) is 6.54 Å². The zero-order chi connectivity index (χ0) is 19.1. The van der Waals surface area contributed by atoms with E-state index < -0.39 is 0 Å². The van der Waals surface area contributed by atoms with Gasteiger partial charge in [-0.2, -0.15) is 0 Å². The first kappa shape index (κ1) is 19.0. The van der Waals surface area contributed by atoms with Gasteiger partial charge in [-0.25, -0.2) is 0 Å². The molecular weight excluding hydrogens is 338 g/mol. The fourth-order valence-corrected chi connectivity index (χ4v) is 3.43. The average Bonchev–Trinajstić information content (AvgIpc) is 2.73. The van der Waals surface area contributed by atoms with E-state index in [1.165, 1.54) is 19.3 Å². The van der Waals surface area contributed by atoms with Gasteiger partial charge in [0.2, 0.25) is 5.91 Å². The molecule has 2 N–H and O–H groups in total. The highest BCUT2D eigenvalue weighted by Gasteiger charge is 2.16. The number of rotatable bonds is 6. The lowest BCUT2D eigenvalue weighted by molar-refractivity contribution is -0.120. The van der Waals surface area contributed by atoms with Crippen LogP contribution in [0.25, 0.3) is 0 Å². The maximum Gasteiger partial charge on any atom is 0.258 e. The summed E-state index contributed by atoms with van der Waals surface area (Å²) < 4.78 is 0. The SMILES string of the molecule is CN(C(=O)c1cccc(NCC(=O)NC2CCCCC2)c1)c1ccccc1. The van der Waals surface area contributed by atoms with Gasteiger partial charge in [0, 0.05) is 30.0 Å². The molecule has 0 saturated heterocycles. The Morgan fingerprint density at radius 3 is 2.48 bits per heavy atom. The van der Waals surface area contributed by atoms with Crippen LogP contribution in [0, 0.1) is 0 Å². The van der Waals surface area contributed by atoms with E-state index in [9.17, 15) is 9.59 Å². The monoisotopic (exact) mass is 365 g/mol. The molecule has 0 bridgehead atoms. The van der Waals surface area contributed by atoms with Crippen LogP contribution >= 0.6 is 0 Å². The van der Waals surface area contributed by atoms with Crippen LogP contribution in [0.1, 0.15) is 42.5 Å². The third kappa shape index (κ3) is 5.33. The summed E-state index contributed by atoms with van der Waals surface area (Å²) in [7, 11) is 1.76. The van der Waals surface area contributed by atoms with Gasteiger partial charge in [-0.05, 0) is 43.2 Å². The number of carbonyl (C=O) groups is 2. The van der Waals surface area contributed by atoms with Crippen LogP contribution in [0.5, 0.6) is 0 Å². The Morgan fingerprint density at radius 1 is 1.00 bits per heavy atom. The summed E-state index contributed by atoms with van der Waals surface area (Å²) in [5.41, 5.74) is 2.19. The van der Waals surface area contributed by atoms with E-state index in [1.54, 1.807) is 24.1 Å². The molecule has 2 aromatic carbocycles. The van der Waals surface area contributed by atoms with Gasteiger partial charge in [0.15, 0.2) is 0 Å². The maximum absolute atomic E-state index is 12.7. The normalized spacial score (nSPS) is 14.4. The molecule has 0 heterocycles. The number of carbonyl (C=O) groups excluding carboxylic acids is 2. The van der Waals surface area contributed by atoms with Crippen molar-refractivity contribution >= 4 is 23.2 Å². The number of nitrogens with zero attached hydrogens (tertiary/aromatic N) is 1. The van der Waals surface area contributed by atoms with E-state index in [0.717, 1.165) is 24.2 Å². The molecule has 0 radical (unpaired) electrons. The molecule has 0 atom stereocenters. The van der Waals surface area contributed by atoms with Crippen LogP contribution in [0.2, 0.25) is 0 Å². The standard InChI is InChI=1S/C22H27N3O2/c1-25(20-13-6-3-7-14-20)22(27)17-9-8-12-19(15-17)23-16-21(26)24-18-10-4-2-5-11-18/h3,6-9,12-15,18,23H,2,4-5,10-11,16H2,1H3,(H,24,26). The van der Waals surface area contributed by atoms with Crippen molar-refractivity contribution in [3.8, 4) is 0 Å². The topological polar surface area (TPSA) is 61.4 Å². The van der Waals surface area contributed by atoms with Crippen molar-refractivity contribution in [2.75, 3.05) is 23.8 Å². The van der Waals surface area contributed by atoms with Crippen LogP contribution in [0.3, 0.4) is 0 Å². The number of hydrogen-bond donors (Lipinski definition) is 2. The molecule has 142 valence electrons. The molecule has 1 fully saturated rings. The minimum Gasteiger partial charge on any atom is -0.376 e. The van der Waals surface area contributed by atoms with Crippen LogP contribution in [0.15, 0.2) is 54.6 Å². The van der Waals surface area contributed by atoms with Crippen molar-refractivity contribution in [3.05, 3.63) is 60.2 Å².